The molecule has 0 bridgehead atoms. The highest BCUT2D eigenvalue weighted by molar-refractivity contribution is 4.80. The Morgan fingerprint density at radius 2 is 1.83 bits per heavy atom. The van der Waals surface area contributed by atoms with Gasteiger partial charge in [0, 0.05) is 12.1 Å². The molecule has 0 aliphatic heterocycles. The molecule has 1 saturated carbocycles. The van der Waals surface area contributed by atoms with E-state index in [1.54, 1.807) is 0 Å². The molecule has 0 amide bonds. The first-order chi connectivity index (χ1) is 8.24. The molecule has 18 heavy (non-hydrogen) atoms. The van der Waals surface area contributed by atoms with Gasteiger partial charge >= 0.3 is 0 Å². The van der Waals surface area contributed by atoms with E-state index in [0.29, 0.717) is 17.6 Å². The summed E-state index contributed by atoms with van der Waals surface area (Å²) in [6.07, 6.45) is 7.03. The Kier molecular flexibility index (Phi) is 5.67. The third kappa shape index (κ3) is 5.71. The first-order valence-corrected chi connectivity index (χ1v) is 7.64. The highest BCUT2D eigenvalue weighted by Gasteiger charge is 2.28. The zero-order chi connectivity index (χ0) is 13.8. The topological polar surface area (TPSA) is 21.3 Å². The van der Waals surface area contributed by atoms with Gasteiger partial charge in [0.1, 0.15) is 0 Å². The SMILES string of the molecule is CCC(C)(C)NCC(C)OC1CCC(C)(C)CC1. The highest BCUT2D eigenvalue weighted by Crippen LogP contribution is 2.36. The fourth-order valence-electron chi connectivity index (χ4n) is 2.43. The van der Waals surface area contributed by atoms with Crippen LogP contribution in [0, 0.1) is 5.41 Å². The lowest BCUT2D eigenvalue weighted by molar-refractivity contribution is -0.0385. The van der Waals surface area contributed by atoms with Crippen LogP contribution in [0.4, 0.5) is 0 Å². The van der Waals surface area contributed by atoms with Crippen molar-refractivity contribution in [3.05, 3.63) is 0 Å². The third-order valence-electron chi connectivity index (χ3n) is 4.46. The molecule has 1 aliphatic rings. The summed E-state index contributed by atoms with van der Waals surface area (Å²) in [7, 11) is 0. The summed E-state index contributed by atoms with van der Waals surface area (Å²) < 4.78 is 6.16. The molecular weight excluding hydrogens is 222 g/mol. The Labute approximate surface area is 114 Å². The second-order valence-electron chi connectivity index (χ2n) is 7.43. The first-order valence-electron chi connectivity index (χ1n) is 7.64. The van der Waals surface area contributed by atoms with Gasteiger partial charge in [-0.05, 0) is 58.3 Å². The van der Waals surface area contributed by atoms with Gasteiger partial charge in [0.25, 0.3) is 0 Å². The molecule has 1 atom stereocenters. The normalized spacial score (nSPS) is 23.0. The van der Waals surface area contributed by atoms with Crippen molar-refractivity contribution >= 4 is 0 Å². The molecule has 2 nitrogen and oxygen atoms in total. The predicted octanol–water partition coefficient (Wildman–Crippen LogP) is 4.14. The molecule has 0 aromatic heterocycles. The monoisotopic (exact) mass is 255 g/mol. The van der Waals surface area contributed by atoms with Crippen LogP contribution in [0.3, 0.4) is 0 Å². The Morgan fingerprint density at radius 3 is 2.33 bits per heavy atom. The maximum Gasteiger partial charge on any atom is 0.0675 e. The van der Waals surface area contributed by atoms with E-state index in [9.17, 15) is 0 Å². The van der Waals surface area contributed by atoms with E-state index < -0.39 is 0 Å². The first kappa shape index (κ1) is 16.0. The Morgan fingerprint density at radius 1 is 1.28 bits per heavy atom. The molecule has 0 saturated heterocycles. The average molecular weight is 255 g/mol. The molecule has 2 heteroatoms. The molecule has 0 radical (unpaired) electrons. The van der Waals surface area contributed by atoms with Gasteiger partial charge in [0.05, 0.1) is 12.2 Å². The molecule has 0 heterocycles. The Balaban J connectivity index is 2.23. The third-order valence-corrected chi connectivity index (χ3v) is 4.46. The average Bonchev–Trinajstić information content (AvgIpc) is 2.30. The summed E-state index contributed by atoms with van der Waals surface area (Å²) in [5.41, 5.74) is 0.762. The fourth-order valence-corrected chi connectivity index (χ4v) is 2.43. The molecule has 1 N–H and O–H groups in total. The van der Waals surface area contributed by atoms with Crippen molar-refractivity contribution < 1.29 is 4.74 Å². The van der Waals surface area contributed by atoms with Gasteiger partial charge in [0.15, 0.2) is 0 Å². The minimum Gasteiger partial charge on any atom is -0.374 e. The van der Waals surface area contributed by atoms with E-state index in [0.717, 1.165) is 13.0 Å². The lowest BCUT2D eigenvalue weighted by Crippen LogP contribution is -2.43. The van der Waals surface area contributed by atoms with Crippen LogP contribution in [0.1, 0.15) is 73.6 Å². The van der Waals surface area contributed by atoms with Gasteiger partial charge in [-0.3, -0.25) is 0 Å². The summed E-state index contributed by atoms with van der Waals surface area (Å²) in [4.78, 5) is 0. The van der Waals surface area contributed by atoms with Gasteiger partial charge < -0.3 is 10.1 Å². The van der Waals surface area contributed by atoms with Crippen LogP contribution in [-0.2, 0) is 4.74 Å². The van der Waals surface area contributed by atoms with Crippen molar-refractivity contribution in [1.29, 1.82) is 0 Å². The minimum atomic E-state index is 0.228. The van der Waals surface area contributed by atoms with Crippen LogP contribution in [0.25, 0.3) is 0 Å². The zero-order valence-electron chi connectivity index (χ0n) is 13.3. The second-order valence-corrected chi connectivity index (χ2v) is 7.43. The highest BCUT2D eigenvalue weighted by atomic mass is 16.5. The summed E-state index contributed by atoms with van der Waals surface area (Å²) in [6.45, 7) is 14.6. The molecule has 0 aromatic rings. The smallest absolute Gasteiger partial charge is 0.0675 e. The van der Waals surface area contributed by atoms with Crippen LogP contribution in [0.2, 0.25) is 0 Å². The summed E-state index contributed by atoms with van der Waals surface area (Å²) in [5.74, 6) is 0. The maximum atomic E-state index is 6.16. The second kappa shape index (κ2) is 6.38. The number of rotatable bonds is 6. The van der Waals surface area contributed by atoms with Gasteiger partial charge in [-0.25, -0.2) is 0 Å². The fraction of sp³-hybridized carbons (Fsp3) is 1.00. The number of nitrogens with one attached hydrogen (secondary N) is 1. The van der Waals surface area contributed by atoms with Crippen molar-refractivity contribution in [3.63, 3.8) is 0 Å². The number of hydrogen-bond acceptors (Lipinski definition) is 2. The van der Waals surface area contributed by atoms with E-state index in [2.05, 4.69) is 46.9 Å². The van der Waals surface area contributed by atoms with Gasteiger partial charge in [-0.15, -0.1) is 0 Å². The van der Waals surface area contributed by atoms with Crippen LogP contribution in [0.15, 0.2) is 0 Å². The van der Waals surface area contributed by atoms with Crippen LogP contribution in [-0.4, -0.2) is 24.3 Å². The lowest BCUT2D eigenvalue weighted by Gasteiger charge is -2.36. The Hall–Kier alpha value is -0.0800. The molecule has 1 unspecified atom stereocenters. The standard InChI is InChI=1S/C16H33NO/c1-7-16(5,6)17-12-13(2)18-14-8-10-15(3,4)11-9-14/h13-14,17H,7-12H2,1-6H3. The van der Waals surface area contributed by atoms with Crippen LogP contribution in [0.5, 0.6) is 0 Å². The van der Waals surface area contributed by atoms with Gasteiger partial charge in [-0.1, -0.05) is 20.8 Å². The van der Waals surface area contributed by atoms with Crippen LogP contribution < -0.4 is 5.32 Å². The number of ether oxygens (including phenoxy) is 1. The van der Waals surface area contributed by atoms with Crippen LogP contribution >= 0.6 is 0 Å². The van der Waals surface area contributed by atoms with Crippen molar-refractivity contribution in [2.24, 2.45) is 5.41 Å². The van der Waals surface area contributed by atoms with E-state index in [1.807, 2.05) is 0 Å². The van der Waals surface area contributed by atoms with E-state index in [4.69, 9.17) is 4.74 Å². The molecule has 0 aromatic carbocycles. The van der Waals surface area contributed by atoms with Crippen molar-refractivity contribution in [1.82, 2.24) is 5.32 Å². The zero-order valence-corrected chi connectivity index (χ0v) is 13.3. The molecule has 0 spiro atoms. The molecule has 1 aliphatic carbocycles. The van der Waals surface area contributed by atoms with E-state index in [-0.39, 0.29) is 5.54 Å². The largest absolute Gasteiger partial charge is 0.374 e. The summed E-state index contributed by atoms with van der Waals surface area (Å²) in [6, 6.07) is 0. The number of hydrogen-bond donors (Lipinski definition) is 1. The van der Waals surface area contributed by atoms with Gasteiger partial charge in [0.2, 0.25) is 0 Å². The van der Waals surface area contributed by atoms with Crippen molar-refractivity contribution in [2.45, 2.75) is 91.4 Å². The maximum absolute atomic E-state index is 6.16. The van der Waals surface area contributed by atoms with E-state index in [1.165, 1.54) is 25.7 Å². The van der Waals surface area contributed by atoms with Crippen molar-refractivity contribution in [2.75, 3.05) is 6.54 Å². The summed E-state index contributed by atoms with van der Waals surface area (Å²) >= 11 is 0. The quantitative estimate of drug-likeness (QED) is 0.770. The molecular formula is C16H33NO. The van der Waals surface area contributed by atoms with Gasteiger partial charge in [-0.2, -0.15) is 0 Å². The molecule has 108 valence electrons. The molecule has 1 rings (SSSR count). The van der Waals surface area contributed by atoms with Crippen molar-refractivity contribution in [3.8, 4) is 0 Å². The predicted molar refractivity (Wildman–Crippen MR) is 79.0 cm³/mol. The lowest BCUT2D eigenvalue weighted by atomic mass is 9.76. The van der Waals surface area contributed by atoms with E-state index >= 15 is 0 Å². The Bertz CT molecular complexity index is 237. The minimum absolute atomic E-state index is 0.228. The molecule has 1 fully saturated rings. The summed E-state index contributed by atoms with van der Waals surface area (Å²) in [5, 5.41) is 3.59.